The summed E-state index contributed by atoms with van der Waals surface area (Å²) in [6, 6.07) is 8.89. The zero-order valence-corrected chi connectivity index (χ0v) is 12.6. The Labute approximate surface area is 121 Å². The minimum atomic E-state index is 0.701. The van der Waals surface area contributed by atoms with Crippen LogP contribution in [0, 0.1) is 12.8 Å². The first-order chi connectivity index (χ1) is 9.65. The van der Waals surface area contributed by atoms with Gasteiger partial charge in [-0.15, -0.1) is 0 Å². The van der Waals surface area contributed by atoms with Crippen molar-refractivity contribution < 1.29 is 0 Å². The van der Waals surface area contributed by atoms with E-state index in [0.717, 1.165) is 31.2 Å². The first-order valence-corrected chi connectivity index (χ1v) is 7.55. The number of hydrogen-bond acceptors (Lipinski definition) is 2. The molecule has 0 unspecified atom stereocenters. The Balaban J connectivity index is 1.91. The van der Waals surface area contributed by atoms with Gasteiger partial charge in [-0.05, 0) is 31.2 Å². The lowest BCUT2D eigenvalue weighted by Crippen LogP contribution is -2.17. The normalized spacial score (nSPS) is 14.2. The highest BCUT2D eigenvalue weighted by atomic mass is 15.2. The molecule has 2 heterocycles. The summed E-state index contributed by atoms with van der Waals surface area (Å²) in [7, 11) is 0. The average Bonchev–Trinajstić information content (AvgIpc) is 2.77. The van der Waals surface area contributed by atoms with E-state index in [-0.39, 0.29) is 0 Å². The molecular weight excluding hydrogens is 246 g/mol. The third kappa shape index (κ3) is 2.45. The molecule has 0 saturated carbocycles. The van der Waals surface area contributed by atoms with Gasteiger partial charge in [-0.25, -0.2) is 4.98 Å². The minimum absolute atomic E-state index is 0.701. The van der Waals surface area contributed by atoms with Gasteiger partial charge in [-0.2, -0.15) is 0 Å². The van der Waals surface area contributed by atoms with Crippen LogP contribution in [-0.2, 0) is 13.0 Å². The fourth-order valence-electron chi connectivity index (χ4n) is 2.92. The summed E-state index contributed by atoms with van der Waals surface area (Å²) in [6.07, 6.45) is 2.32. The van der Waals surface area contributed by atoms with Crippen LogP contribution in [0.3, 0.4) is 0 Å². The van der Waals surface area contributed by atoms with Crippen molar-refractivity contribution in [2.24, 2.45) is 5.92 Å². The van der Waals surface area contributed by atoms with Gasteiger partial charge >= 0.3 is 0 Å². The molecule has 3 nitrogen and oxygen atoms in total. The van der Waals surface area contributed by atoms with Crippen molar-refractivity contribution in [1.29, 1.82) is 0 Å². The summed E-state index contributed by atoms with van der Waals surface area (Å²) < 4.78 is 2.29. The number of hydrogen-bond donors (Lipinski definition) is 1. The number of rotatable bonds is 3. The van der Waals surface area contributed by atoms with E-state index in [1.807, 2.05) is 0 Å². The van der Waals surface area contributed by atoms with Gasteiger partial charge in [0, 0.05) is 24.3 Å². The van der Waals surface area contributed by atoms with Crippen LogP contribution in [0.5, 0.6) is 0 Å². The number of nitrogens with one attached hydrogen (secondary N) is 1. The summed E-state index contributed by atoms with van der Waals surface area (Å²) >= 11 is 0. The molecule has 1 aromatic heterocycles. The maximum atomic E-state index is 4.76. The van der Waals surface area contributed by atoms with Crippen molar-refractivity contribution in [3.63, 3.8) is 0 Å². The molecule has 20 heavy (non-hydrogen) atoms. The zero-order chi connectivity index (χ0) is 14.1. The van der Waals surface area contributed by atoms with Crippen LogP contribution >= 0.6 is 0 Å². The van der Waals surface area contributed by atoms with Crippen LogP contribution in [0.15, 0.2) is 24.3 Å². The molecule has 0 bridgehead atoms. The average molecular weight is 269 g/mol. The van der Waals surface area contributed by atoms with Gasteiger partial charge in [0.05, 0.1) is 5.69 Å². The highest BCUT2D eigenvalue weighted by molar-refractivity contribution is 5.65. The second-order valence-corrected chi connectivity index (χ2v) is 6.10. The van der Waals surface area contributed by atoms with Crippen molar-refractivity contribution in [2.45, 2.75) is 40.2 Å². The van der Waals surface area contributed by atoms with Gasteiger partial charge in [-0.1, -0.05) is 38.1 Å². The van der Waals surface area contributed by atoms with Crippen LogP contribution in [0.1, 0.15) is 31.5 Å². The van der Waals surface area contributed by atoms with Gasteiger partial charge in [-0.3, -0.25) is 0 Å². The third-order valence-electron chi connectivity index (χ3n) is 3.93. The predicted molar refractivity (Wildman–Crippen MR) is 84.0 cm³/mol. The highest BCUT2D eigenvalue weighted by Gasteiger charge is 2.17. The van der Waals surface area contributed by atoms with Crippen molar-refractivity contribution in [1.82, 2.24) is 9.55 Å². The molecule has 1 N–H and O–H groups in total. The zero-order valence-electron chi connectivity index (χ0n) is 12.6. The summed E-state index contributed by atoms with van der Waals surface area (Å²) in [6.45, 7) is 8.79. The van der Waals surface area contributed by atoms with Gasteiger partial charge in [0.15, 0.2) is 0 Å². The number of anilines is 1. The monoisotopic (exact) mass is 269 g/mol. The molecule has 0 amide bonds. The van der Waals surface area contributed by atoms with Crippen LogP contribution in [0.25, 0.3) is 11.3 Å². The van der Waals surface area contributed by atoms with Gasteiger partial charge < -0.3 is 9.88 Å². The van der Waals surface area contributed by atoms with Gasteiger partial charge in [0.25, 0.3) is 0 Å². The summed E-state index contributed by atoms with van der Waals surface area (Å²) in [5, 5.41) is 3.38. The molecule has 0 spiro atoms. The molecule has 0 saturated heterocycles. The molecule has 1 aliphatic heterocycles. The number of nitrogens with zero attached hydrogens (tertiary/aromatic N) is 2. The van der Waals surface area contributed by atoms with E-state index in [1.54, 1.807) is 0 Å². The van der Waals surface area contributed by atoms with Crippen LogP contribution in [0.2, 0.25) is 0 Å². The fourth-order valence-corrected chi connectivity index (χ4v) is 2.92. The quantitative estimate of drug-likeness (QED) is 0.916. The van der Waals surface area contributed by atoms with E-state index in [1.165, 1.54) is 23.2 Å². The molecular formula is C17H23N3. The second kappa shape index (κ2) is 5.31. The lowest BCUT2D eigenvalue weighted by atomic mass is 10.0. The Hall–Kier alpha value is -1.77. The smallest absolute Gasteiger partial charge is 0.203 e. The first kappa shape index (κ1) is 13.2. The van der Waals surface area contributed by atoms with Crippen molar-refractivity contribution >= 4 is 5.95 Å². The maximum absolute atomic E-state index is 4.76. The second-order valence-electron chi connectivity index (χ2n) is 6.10. The number of fused-ring (bicyclic) bond motifs is 1. The largest absolute Gasteiger partial charge is 0.356 e. The van der Waals surface area contributed by atoms with Crippen LogP contribution in [-0.4, -0.2) is 16.1 Å². The van der Waals surface area contributed by atoms with Crippen LogP contribution in [0.4, 0.5) is 5.95 Å². The van der Waals surface area contributed by atoms with Crippen molar-refractivity contribution in [3.8, 4) is 11.3 Å². The first-order valence-electron chi connectivity index (χ1n) is 7.55. The molecule has 3 rings (SSSR count). The molecule has 0 radical (unpaired) electrons. The molecule has 3 heteroatoms. The lowest BCUT2D eigenvalue weighted by molar-refractivity contribution is 0.615. The van der Waals surface area contributed by atoms with E-state index >= 15 is 0 Å². The van der Waals surface area contributed by atoms with Gasteiger partial charge in [0.2, 0.25) is 5.95 Å². The van der Waals surface area contributed by atoms with Crippen molar-refractivity contribution in [3.05, 3.63) is 35.5 Å². The summed E-state index contributed by atoms with van der Waals surface area (Å²) in [5.74, 6) is 1.72. The molecule has 1 aromatic carbocycles. The molecule has 1 aliphatic rings. The topological polar surface area (TPSA) is 29.9 Å². The van der Waals surface area contributed by atoms with Crippen LogP contribution < -0.4 is 5.32 Å². The summed E-state index contributed by atoms with van der Waals surface area (Å²) in [5.41, 5.74) is 5.01. The Kier molecular flexibility index (Phi) is 3.51. The summed E-state index contributed by atoms with van der Waals surface area (Å²) in [4.78, 5) is 4.76. The number of benzene rings is 1. The Morgan fingerprint density at radius 2 is 2.00 bits per heavy atom. The SMILES string of the molecule is Cc1c(-c2ccc(CC(C)C)cc2)nc2n1CCCN2. The van der Waals surface area contributed by atoms with E-state index in [9.17, 15) is 0 Å². The maximum Gasteiger partial charge on any atom is 0.203 e. The lowest BCUT2D eigenvalue weighted by Gasteiger charge is -2.16. The minimum Gasteiger partial charge on any atom is -0.356 e. The molecule has 0 atom stereocenters. The molecule has 0 fully saturated rings. The van der Waals surface area contributed by atoms with E-state index in [0.29, 0.717) is 5.92 Å². The van der Waals surface area contributed by atoms with E-state index < -0.39 is 0 Å². The predicted octanol–water partition coefficient (Wildman–Crippen LogP) is 3.87. The number of aromatic nitrogens is 2. The molecule has 0 aliphatic carbocycles. The van der Waals surface area contributed by atoms with E-state index in [4.69, 9.17) is 4.98 Å². The molecule has 2 aromatic rings. The standard InChI is InChI=1S/C17H23N3/c1-12(2)11-14-5-7-15(8-6-14)16-13(3)20-10-4-9-18-17(20)19-16/h5-8,12H,4,9-11H2,1-3H3,(H,18,19). The fraction of sp³-hybridized carbons (Fsp3) is 0.471. The van der Waals surface area contributed by atoms with E-state index in [2.05, 4.69) is 54.9 Å². The number of imidazole rings is 1. The Morgan fingerprint density at radius 1 is 1.25 bits per heavy atom. The third-order valence-corrected chi connectivity index (χ3v) is 3.93. The Morgan fingerprint density at radius 3 is 2.65 bits per heavy atom. The van der Waals surface area contributed by atoms with Crippen molar-refractivity contribution in [2.75, 3.05) is 11.9 Å². The highest BCUT2D eigenvalue weighted by Crippen LogP contribution is 2.28. The molecule has 106 valence electrons. The van der Waals surface area contributed by atoms with Gasteiger partial charge in [0.1, 0.15) is 0 Å². The Bertz CT molecular complexity index is 593.